The Morgan fingerprint density at radius 2 is 1.87 bits per heavy atom. The quantitative estimate of drug-likeness (QED) is 0.325. The number of imidazole rings is 1. The zero-order valence-electron chi connectivity index (χ0n) is 21.3. The van der Waals surface area contributed by atoms with Gasteiger partial charge in [-0.3, -0.25) is 10.3 Å². The van der Waals surface area contributed by atoms with Crippen LogP contribution < -0.4 is 10.5 Å². The molecule has 1 atom stereocenters. The number of fused-ring (bicyclic) bond motifs is 1. The molecule has 3 heterocycles. The maximum absolute atomic E-state index is 13.6. The molecule has 1 amide bonds. The van der Waals surface area contributed by atoms with E-state index in [1.807, 2.05) is 0 Å². The van der Waals surface area contributed by atoms with Crippen LogP contribution in [-0.4, -0.2) is 57.8 Å². The lowest BCUT2D eigenvalue weighted by Crippen LogP contribution is -2.38. The number of benzene rings is 2. The number of carbonyl (C=O) groups excluding carboxylic acids is 1. The van der Waals surface area contributed by atoms with Crippen molar-refractivity contribution in [3.63, 3.8) is 0 Å². The Labute approximate surface area is 219 Å². The molecule has 1 aromatic heterocycles. The van der Waals surface area contributed by atoms with E-state index < -0.39 is 17.7 Å². The summed E-state index contributed by atoms with van der Waals surface area (Å²) in [5.41, 5.74) is 8.73. The minimum Gasteiger partial charge on any atom is -0.486 e. The molecule has 0 saturated carbocycles. The first kappa shape index (κ1) is 25.7. The van der Waals surface area contributed by atoms with Gasteiger partial charge in [0.15, 0.2) is 5.82 Å². The highest BCUT2D eigenvalue weighted by Gasteiger charge is 2.31. The van der Waals surface area contributed by atoms with Gasteiger partial charge in [0.05, 0.1) is 24.5 Å². The number of likely N-dealkylation sites (tertiary alicyclic amines) is 1. The number of carbonyl (C=O) groups is 1. The third-order valence-electron chi connectivity index (χ3n) is 6.94. The second-order valence-corrected chi connectivity index (χ2v) is 9.84. The molecule has 1 fully saturated rings. The van der Waals surface area contributed by atoms with Crippen LogP contribution in [-0.2, 0) is 17.8 Å². The minimum atomic E-state index is -0.685. The van der Waals surface area contributed by atoms with Crippen molar-refractivity contribution in [2.75, 3.05) is 25.9 Å². The van der Waals surface area contributed by atoms with Gasteiger partial charge < -0.3 is 25.1 Å². The van der Waals surface area contributed by atoms with Gasteiger partial charge in [0.1, 0.15) is 35.3 Å². The average Bonchev–Trinajstić information content (AvgIpc) is 3.45. The normalized spacial score (nSPS) is 16.8. The number of hydrogen-bond donors (Lipinski definition) is 3. The molecule has 0 bridgehead atoms. The van der Waals surface area contributed by atoms with Gasteiger partial charge in [0.2, 0.25) is 0 Å². The molecule has 2 aromatic carbocycles. The number of H-pyrrole nitrogens is 1. The van der Waals surface area contributed by atoms with E-state index >= 15 is 0 Å². The van der Waals surface area contributed by atoms with E-state index in [0.717, 1.165) is 37.7 Å². The summed E-state index contributed by atoms with van der Waals surface area (Å²) >= 11 is 0. The number of aromatic nitrogens is 2. The first-order chi connectivity index (χ1) is 18.2. The summed E-state index contributed by atoms with van der Waals surface area (Å²) in [7, 11) is 2.05. The van der Waals surface area contributed by atoms with E-state index in [1.165, 1.54) is 12.1 Å². The minimum absolute atomic E-state index is 0.0623. The number of piperidine rings is 1. The number of amides is 1. The van der Waals surface area contributed by atoms with Crippen molar-refractivity contribution in [1.29, 1.82) is 5.41 Å². The van der Waals surface area contributed by atoms with Gasteiger partial charge in [-0.25, -0.2) is 18.6 Å². The fourth-order valence-corrected chi connectivity index (χ4v) is 4.74. The van der Waals surface area contributed by atoms with Crippen molar-refractivity contribution < 1.29 is 23.0 Å². The van der Waals surface area contributed by atoms with Gasteiger partial charge in [-0.1, -0.05) is 0 Å². The van der Waals surface area contributed by atoms with Crippen LogP contribution in [0.2, 0.25) is 0 Å². The molecule has 38 heavy (non-hydrogen) atoms. The van der Waals surface area contributed by atoms with Crippen LogP contribution in [0, 0.1) is 17.0 Å². The molecule has 0 spiro atoms. The van der Waals surface area contributed by atoms with Crippen LogP contribution >= 0.6 is 0 Å². The molecule has 2 aliphatic heterocycles. The molecule has 1 saturated heterocycles. The van der Waals surface area contributed by atoms with Crippen LogP contribution in [0.3, 0.4) is 0 Å². The molecule has 0 aliphatic carbocycles. The number of halogens is 2. The molecule has 2 aliphatic rings. The maximum atomic E-state index is 13.6. The van der Waals surface area contributed by atoms with Crippen molar-refractivity contribution in [3.8, 4) is 5.75 Å². The highest BCUT2D eigenvalue weighted by atomic mass is 19.1. The van der Waals surface area contributed by atoms with E-state index in [1.54, 1.807) is 30.0 Å². The second-order valence-electron chi connectivity index (χ2n) is 9.84. The topological polar surface area (TPSA) is 121 Å². The van der Waals surface area contributed by atoms with Crippen molar-refractivity contribution in [3.05, 3.63) is 76.4 Å². The number of aromatic amines is 1. The smallest absolute Gasteiger partial charge is 0.410 e. The second kappa shape index (κ2) is 10.4. The van der Waals surface area contributed by atoms with Gasteiger partial charge in [-0.05, 0) is 62.7 Å². The van der Waals surface area contributed by atoms with E-state index in [9.17, 15) is 13.6 Å². The molecular weight excluding hydrogens is 494 g/mol. The monoisotopic (exact) mass is 524 g/mol. The predicted molar refractivity (Wildman–Crippen MR) is 137 cm³/mol. The Morgan fingerprint density at radius 1 is 1.16 bits per heavy atom. The van der Waals surface area contributed by atoms with Gasteiger partial charge in [-0.2, -0.15) is 0 Å². The summed E-state index contributed by atoms with van der Waals surface area (Å²) in [6.07, 6.45) is 0.573. The summed E-state index contributed by atoms with van der Waals surface area (Å²) in [5.74, 6) is -0.662. The Balaban J connectivity index is 1.24. The fourth-order valence-electron chi connectivity index (χ4n) is 4.74. The number of hydrogen-bond acceptors (Lipinski definition) is 7. The summed E-state index contributed by atoms with van der Waals surface area (Å²) in [5, 5.41) is 8.70. The number of nitrogens with one attached hydrogen (secondary N) is 2. The Bertz CT molecular complexity index is 1330. The van der Waals surface area contributed by atoms with E-state index in [-0.39, 0.29) is 17.9 Å². The number of nitrogen functional groups attached to an aromatic ring is 1. The molecule has 3 aromatic rings. The SMILES string of the molecule is CC(Oc1ccc(N)c(C(=N)c2nc3c([nH]2)CN(C(=O)OC2CCN(C)CC2)C3)c1)c1cc(F)cc(F)c1. The summed E-state index contributed by atoms with van der Waals surface area (Å²) in [6.45, 7) is 4.10. The molecule has 4 N–H and O–H groups in total. The van der Waals surface area contributed by atoms with E-state index in [4.69, 9.17) is 20.6 Å². The van der Waals surface area contributed by atoms with Gasteiger partial charge in [-0.15, -0.1) is 0 Å². The summed E-state index contributed by atoms with van der Waals surface area (Å²) in [6, 6.07) is 8.07. The van der Waals surface area contributed by atoms with Crippen molar-refractivity contribution >= 4 is 17.5 Å². The van der Waals surface area contributed by atoms with Crippen LogP contribution in [0.1, 0.15) is 54.2 Å². The van der Waals surface area contributed by atoms with Gasteiger partial charge >= 0.3 is 6.09 Å². The van der Waals surface area contributed by atoms with Gasteiger partial charge in [0.25, 0.3) is 0 Å². The van der Waals surface area contributed by atoms with Crippen LogP contribution in [0.5, 0.6) is 5.75 Å². The van der Waals surface area contributed by atoms with Crippen LogP contribution in [0.4, 0.5) is 19.3 Å². The largest absolute Gasteiger partial charge is 0.486 e. The predicted octanol–water partition coefficient (Wildman–Crippen LogP) is 4.37. The maximum Gasteiger partial charge on any atom is 0.410 e. The first-order valence-corrected chi connectivity index (χ1v) is 12.5. The highest BCUT2D eigenvalue weighted by Crippen LogP contribution is 2.29. The Kier molecular flexibility index (Phi) is 7.02. The molecule has 200 valence electrons. The molecule has 11 heteroatoms. The third-order valence-corrected chi connectivity index (χ3v) is 6.94. The Morgan fingerprint density at radius 3 is 2.55 bits per heavy atom. The summed E-state index contributed by atoms with van der Waals surface area (Å²) < 4.78 is 38.8. The lowest BCUT2D eigenvalue weighted by atomic mass is 10.1. The number of nitrogens with two attached hydrogens (primary N) is 1. The molecular formula is C27H30F2N6O3. The van der Waals surface area contributed by atoms with E-state index in [0.29, 0.717) is 47.2 Å². The molecule has 5 rings (SSSR count). The van der Waals surface area contributed by atoms with E-state index in [2.05, 4.69) is 21.9 Å². The Hall–Kier alpha value is -3.99. The third kappa shape index (κ3) is 5.47. The number of anilines is 1. The first-order valence-electron chi connectivity index (χ1n) is 12.5. The van der Waals surface area contributed by atoms with Crippen LogP contribution in [0.25, 0.3) is 0 Å². The lowest BCUT2D eigenvalue weighted by Gasteiger charge is -2.29. The number of nitrogens with zero attached hydrogens (tertiary/aromatic N) is 3. The van der Waals surface area contributed by atoms with Gasteiger partial charge in [0, 0.05) is 30.4 Å². The molecule has 1 unspecified atom stereocenters. The summed E-state index contributed by atoms with van der Waals surface area (Å²) in [4.78, 5) is 24.1. The van der Waals surface area contributed by atoms with Crippen molar-refractivity contribution in [2.24, 2.45) is 0 Å². The standard InChI is InChI=1S/C27H30F2N6O3/c1-15(16-9-17(28)11-18(29)10-16)37-20-3-4-22(30)21(12-20)25(31)26-32-23-13-35(14-24(23)33-26)27(36)38-19-5-7-34(2)8-6-19/h3-4,9-12,15,19,31H,5-8,13-14,30H2,1-2H3,(H,32,33). The van der Waals surface area contributed by atoms with Crippen molar-refractivity contribution in [1.82, 2.24) is 19.8 Å². The number of ether oxygens (including phenoxy) is 2. The van der Waals surface area contributed by atoms with Crippen LogP contribution in [0.15, 0.2) is 36.4 Å². The molecule has 9 nitrogen and oxygen atoms in total. The van der Waals surface area contributed by atoms with Crippen molar-refractivity contribution in [2.45, 2.75) is 45.1 Å². The zero-order valence-corrected chi connectivity index (χ0v) is 21.3. The molecule has 0 radical (unpaired) electrons. The highest BCUT2D eigenvalue weighted by molar-refractivity contribution is 6.12. The number of rotatable bonds is 6. The lowest BCUT2D eigenvalue weighted by molar-refractivity contribution is 0.0319. The average molecular weight is 525 g/mol. The zero-order chi connectivity index (χ0) is 27.0. The fraction of sp³-hybridized carbons (Fsp3) is 0.370.